The maximum absolute atomic E-state index is 11.1. The van der Waals surface area contributed by atoms with Crippen LogP contribution in [0.1, 0.15) is 13.3 Å². The number of carboxylic acid groups (broad SMARTS) is 1. The summed E-state index contributed by atoms with van der Waals surface area (Å²) in [5.74, 6) is 0. The molecule has 0 heterocycles. The quantitative estimate of drug-likeness (QED) is 0.888. The Hall–Kier alpha value is -0.970. The largest absolute Gasteiger partial charge is 0.465 e. The Balaban J connectivity index is 3.01. The molecule has 1 amide bonds. The maximum atomic E-state index is 11.1. The van der Waals surface area contributed by atoms with Crippen LogP contribution in [0.4, 0.5) is 10.5 Å². The number of aliphatic hydroxyl groups excluding tert-OH is 1. The molecule has 1 atom stereocenters. The van der Waals surface area contributed by atoms with E-state index >= 15 is 0 Å². The highest BCUT2D eigenvalue weighted by molar-refractivity contribution is 6.36. The van der Waals surface area contributed by atoms with Gasteiger partial charge in [-0.25, -0.2) is 4.79 Å². The number of hydrogen-bond acceptors (Lipinski definition) is 2. The van der Waals surface area contributed by atoms with E-state index in [1.54, 1.807) is 13.0 Å². The number of aliphatic hydroxyl groups is 1. The highest BCUT2D eigenvalue weighted by atomic mass is 35.5. The summed E-state index contributed by atoms with van der Waals surface area (Å²) in [7, 11) is 0. The zero-order valence-corrected chi connectivity index (χ0v) is 10.7. The molecule has 0 aliphatic heterocycles. The summed E-state index contributed by atoms with van der Waals surface area (Å²) in [5.41, 5.74) is 0.316. The normalized spacial score (nSPS) is 12.2. The van der Waals surface area contributed by atoms with Gasteiger partial charge in [0.05, 0.1) is 23.4 Å². The van der Waals surface area contributed by atoms with Crippen molar-refractivity contribution in [3.63, 3.8) is 0 Å². The molecule has 0 saturated heterocycles. The van der Waals surface area contributed by atoms with Crippen molar-refractivity contribution in [2.24, 2.45) is 0 Å². The summed E-state index contributed by atoms with van der Waals surface area (Å²) >= 11 is 11.7. The number of hydrogen-bond donors (Lipinski definition) is 2. The number of nitrogens with zero attached hydrogens (tertiary/aromatic N) is 1. The van der Waals surface area contributed by atoms with Crippen LogP contribution in [0.15, 0.2) is 18.2 Å². The Morgan fingerprint density at radius 3 is 2.59 bits per heavy atom. The Morgan fingerprint density at radius 1 is 1.47 bits per heavy atom. The third-order valence-electron chi connectivity index (χ3n) is 2.30. The molecule has 0 aromatic heterocycles. The second-order valence-corrected chi connectivity index (χ2v) is 4.39. The van der Waals surface area contributed by atoms with Gasteiger partial charge in [-0.3, -0.25) is 4.90 Å². The van der Waals surface area contributed by atoms with Gasteiger partial charge in [0.2, 0.25) is 0 Å². The molecule has 2 N–H and O–H groups in total. The van der Waals surface area contributed by atoms with Gasteiger partial charge in [0.15, 0.2) is 0 Å². The average molecular weight is 278 g/mol. The first-order chi connectivity index (χ1) is 7.95. The third kappa shape index (κ3) is 3.77. The van der Waals surface area contributed by atoms with Crippen molar-refractivity contribution in [2.45, 2.75) is 19.4 Å². The van der Waals surface area contributed by atoms with E-state index in [9.17, 15) is 9.90 Å². The van der Waals surface area contributed by atoms with Crippen molar-refractivity contribution in [1.82, 2.24) is 0 Å². The maximum Gasteiger partial charge on any atom is 0.411 e. The van der Waals surface area contributed by atoms with Gasteiger partial charge in [0.1, 0.15) is 0 Å². The molecule has 1 rings (SSSR count). The molecule has 0 aliphatic rings. The molecule has 17 heavy (non-hydrogen) atoms. The van der Waals surface area contributed by atoms with Crippen LogP contribution in [0.5, 0.6) is 0 Å². The number of rotatable bonds is 4. The van der Waals surface area contributed by atoms with E-state index in [0.717, 1.165) is 4.90 Å². The highest BCUT2D eigenvalue weighted by Gasteiger charge is 2.20. The first-order valence-electron chi connectivity index (χ1n) is 5.09. The van der Waals surface area contributed by atoms with E-state index in [-0.39, 0.29) is 11.6 Å². The molecule has 0 bridgehead atoms. The van der Waals surface area contributed by atoms with Crippen molar-refractivity contribution < 1.29 is 15.0 Å². The molecular formula is C11H13Cl2NO3. The summed E-state index contributed by atoms with van der Waals surface area (Å²) in [4.78, 5) is 12.1. The number of halogens is 2. The van der Waals surface area contributed by atoms with E-state index in [1.165, 1.54) is 12.1 Å². The second-order valence-electron chi connectivity index (χ2n) is 3.55. The minimum Gasteiger partial charge on any atom is -0.465 e. The lowest BCUT2D eigenvalue weighted by molar-refractivity contribution is 0.165. The monoisotopic (exact) mass is 277 g/mol. The molecule has 94 valence electrons. The molecule has 4 nitrogen and oxygen atoms in total. The second kappa shape index (κ2) is 6.10. The minimum absolute atomic E-state index is 0.0206. The average Bonchev–Trinajstić information content (AvgIpc) is 2.26. The predicted molar refractivity (Wildman–Crippen MR) is 68.1 cm³/mol. The summed E-state index contributed by atoms with van der Waals surface area (Å²) in [6.45, 7) is 1.75. The highest BCUT2D eigenvalue weighted by Crippen LogP contribution is 2.29. The summed E-state index contributed by atoms with van der Waals surface area (Å²) in [6.07, 6.45) is -1.42. The molecule has 0 aliphatic carbocycles. The van der Waals surface area contributed by atoms with Crippen molar-refractivity contribution >= 4 is 35.0 Å². The Bertz CT molecular complexity index is 412. The first kappa shape index (κ1) is 14.1. The van der Waals surface area contributed by atoms with Crippen molar-refractivity contribution in [2.75, 3.05) is 11.4 Å². The lowest BCUT2D eigenvalue weighted by Gasteiger charge is -2.22. The van der Waals surface area contributed by atoms with Gasteiger partial charge < -0.3 is 10.2 Å². The summed E-state index contributed by atoms with van der Waals surface area (Å²) < 4.78 is 0. The molecule has 0 unspecified atom stereocenters. The van der Waals surface area contributed by atoms with E-state index in [4.69, 9.17) is 28.3 Å². The molecule has 0 spiro atoms. The van der Waals surface area contributed by atoms with Crippen LogP contribution in [0.3, 0.4) is 0 Å². The van der Waals surface area contributed by atoms with Gasteiger partial charge in [0.25, 0.3) is 0 Å². The van der Waals surface area contributed by atoms with Crippen molar-refractivity contribution in [1.29, 1.82) is 0 Å². The van der Waals surface area contributed by atoms with Gasteiger partial charge in [-0.05, 0) is 24.6 Å². The lowest BCUT2D eigenvalue weighted by atomic mass is 10.2. The van der Waals surface area contributed by atoms with Crippen LogP contribution >= 0.6 is 23.2 Å². The van der Waals surface area contributed by atoms with Crippen LogP contribution in [0.25, 0.3) is 0 Å². The van der Waals surface area contributed by atoms with Crippen LogP contribution in [-0.2, 0) is 0 Å². The Morgan fingerprint density at radius 2 is 2.12 bits per heavy atom. The molecule has 0 saturated carbocycles. The smallest absolute Gasteiger partial charge is 0.411 e. The van der Waals surface area contributed by atoms with Gasteiger partial charge in [-0.1, -0.05) is 30.1 Å². The Kier molecular flexibility index (Phi) is 5.05. The molecule has 0 radical (unpaired) electrons. The fourth-order valence-electron chi connectivity index (χ4n) is 1.32. The fraction of sp³-hybridized carbons (Fsp3) is 0.364. The molecule has 6 heteroatoms. The SMILES string of the molecule is CC[C@@H](O)CN(C(=O)O)c1ccc(Cl)cc1Cl. The number of carbonyl (C=O) groups is 1. The van der Waals surface area contributed by atoms with Crippen molar-refractivity contribution in [3.05, 3.63) is 28.2 Å². The van der Waals surface area contributed by atoms with E-state index < -0.39 is 12.2 Å². The van der Waals surface area contributed by atoms with Crippen molar-refractivity contribution in [3.8, 4) is 0 Å². The molecule has 1 aromatic carbocycles. The predicted octanol–water partition coefficient (Wildman–Crippen LogP) is 3.25. The van der Waals surface area contributed by atoms with E-state index in [0.29, 0.717) is 17.1 Å². The fourth-order valence-corrected chi connectivity index (χ4v) is 1.83. The Labute approximate surface area is 109 Å². The molecule has 1 aromatic rings. The number of anilines is 1. The summed E-state index contributed by atoms with van der Waals surface area (Å²) in [6, 6.07) is 4.53. The minimum atomic E-state index is -1.17. The van der Waals surface area contributed by atoms with Gasteiger partial charge in [0, 0.05) is 5.02 Å². The van der Waals surface area contributed by atoms with Crippen LogP contribution in [-0.4, -0.2) is 29.0 Å². The van der Waals surface area contributed by atoms with E-state index in [1.807, 2.05) is 0 Å². The van der Waals surface area contributed by atoms with Crippen LogP contribution < -0.4 is 4.90 Å². The number of amides is 1. The third-order valence-corrected chi connectivity index (χ3v) is 2.83. The molecular weight excluding hydrogens is 265 g/mol. The van der Waals surface area contributed by atoms with Crippen LogP contribution in [0.2, 0.25) is 10.0 Å². The summed E-state index contributed by atoms with van der Waals surface area (Å²) in [5, 5.41) is 19.3. The zero-order chi connectivity index (χ0) is 13.0. The van der Waals surface area contributed by atoms with Gasteiger partial charge in [-0.15, -0.1) is 0 Å². The molecule has 0 fully saturated rings. The van der Waals surface area contributed by atoms with Gasteiger partial charge >= 0.3 is 6.09 Å². The standard InChI is InChI=1S/C11H13Cl2NO3/c1-2-8(15)6-14(11(16)17)10-4-3-7(12)5-9(10)13/h3-5,8,15H,2,6H2,1H3,(H,16,17)/t8-/m1/s1. The first-order valence-corrected chi connectivity index (χ1v) is 5.84. The number of benzene rings is 1. The zero-order valence-electron chi connectivity index (χ0n) is 9.23. The van der Waals surface area contributed by atoms with Crippen LogP contribution in [0, 0.1) is 0 Å². The van der Waals surface area contributed by atoms with E-state index in [2.05, 4.69) is 0 Å². The lowest BCUT2D eigenvalue weighted by Crippen LogP contribution is -2.36. The topological polar surface area (TPSA) is 60.8 Å². The van der Waals surface area contributed by atoms with Gasteiger partial charge in [-0.2, -0.15) is 0 Å².